The first-order valence-electron chi connectivity index (χ1n) is 16.2. The largest absolute Gasteiger partial charge is 1.00 e. The van der Waals surface area contributed by atoms with Gasteiger partial charge in [0.2, 0.25) is 20.8 Å². The molecule has 2 bridgehead atoms. The molecule has 1 aliphatic heterocycles. The maximum Gasteiger partial charge on any atom is 1.00 e. The van der Waals surface area contributed by atoms with Crippen molar-refractivity contribution >= 4 is 32.7 Å². The Balaban J connectivity index is 0.00000338. The molecule has 5 aliphatic rings. The van der Waals surface area contributed by atoms with Gasteiger partial charge >= 0.3 is 115 Å². The van der Waals surface area contributed by atoms with E-state index >= 15 is 0 Å². The molecule has 50 heavy (non-hydrogen) atoms. The SMILES string of the molecule is C=C1[C@@H]2CCC3[C@@](CC[C@@H]4[C@H](C(=O)O)C[C@@H](O[C@@H]5O[C@H](CO)[C@@H](OS(=O)(=O)[O-])[C@H](OS(=O)(=O)[O-])[C@H]5OC(=O)CC(C)C)C[C@@]34C)(C2)[C@@H]1O.[K+].[K+]. The normalized spacial score (nSPS) is 41.3. The average molecular weight is 803 g/mol. The second-order valence-electron chi connectivity index (χ2n) is 14.8. The predicted molar refractivity (Wildman–Crippen MR) is 159 cm³/mol. The Hall–Kier alpha value is 1.53. The van der Waals surface area contributed by atoms with Crippen LogP contribution in [0.25, 0.3) is 0 Å². The van der Waals surface area contributed by atoms with E-state index in [0.717, 1.165) is 24.8 Å². The van der Waals surface area contributed by atoms with Gasteiger partial charge in [-0.1, -0.05) is 27.4 Å². The van der Waals surface area contributed by atoms with E-state index in [-0.39, 0.29) is 146 Å². The van der Waals surface area contributed by atoms with E-state index in [1.54, 1.807) is 13.8 Å². The number of aliphatic hydroxyl groups is 2. The molecule has 13 atom stereocenters. The van der Waals surface area contributed by atoms with Crippen LogP contribution in [0.1, 0.15) is 72.1 Å². The maximum absolute atomic E-state index is 12.9. The molecule has 0 aromatic carbocycles. The van der Waals surface area contributed by atoms with E-state index in [9.17, 15) is 50.8 Å². The number of carbonyl (C=O) groups is 2. The van der Waals surface area contributed by atoms with Crippen LogP contribution in [-0.4, -0.2) is 103 Å². The Bertz CT molecular complexity index is 1490. The molecule has 0 aromatic heterocycles. The molecule has 274 valence electrons. The van der Waals surface area contributed by atoms with E-state index in [1.165, 1.54) is 0 Å². The maximum atomic E-state index is 12.9. The zero-order chi connectivity index (χ0) is 35.6. The fourth-order valence-electron chi connectivity index (χ4n) is 9.81. The van der Waals surface area contributed by atoms with Crippen LogP contribution >= 0.6 is 0 Å². The molecular weight excluding hydrogens is 759 g/mol. The molecule has 1 unspecified atom stereocenters. The molecule has 20 heteroatoms. The first-order chi connectivity index (χ1) is 22.2. The number of carboxylic acid groups (broad SMARTS) is 1. The van der Waals surface area contributed by atoms with Gasteiger partial charge in [-0.25, -0.2) is 16.8 Å². The Labute approximate surface area is 377 Å². The monoisotopic (exact) mass is 802 g/mol. The summed E-state index contributed by atoms with van der Waals surface area (Å²) < 4.78 is 96.9. The van der Waals surface area contributed by atoms with Crippen molar-refractivity contribution in [2.24, 2.45) is 40.4 Å². The van der Waals surface area contributed by atoms with Crippen LogP contribution in [0, 0.1) is 40.4 Å². The minimum Gasteiger partial charge on any atom is -0.726 e. The van der Waals surface area contributed by atoms with Crippen molar-refractivity contribution in [3.8, 4) is 0 Å². The number of carbonyl (C=O) groups excluding carboxylic acids is 1. The smallest absolute Gasteiger partial charge is 0.726 e. The number of aliphatic carboxylic acids is 1. The second kappa shape index (κ2) is 17.4. The minimum absolute atomic E-state index is 0. The van der Waals surface area contributed by atoms with Crippen LogP contribution in [0.5, 0.6) is 0 Å². The fraction of sp³-hybridized carbons (Fsp3) is 0.867. The van der Waals surface area contributed by atoms with Crippen LogP contribution < -0.4 is 103 Å². The number of hydrogen-bond donors (Lipinski definition) is 3. The van der Waals surface area contributed by atoms with Crippen molar-refractivity contribution in [3.63, 3.8) is 0 Å². The van der Waals surface area contributed by atoms with Crippen LogP contribution in [0.4, 0.5) is 0 Å². The number of aliphatic hydroxyl groups excluding tert-OH is 2. The van der Waals surface area contributed by atoms with Gasteiger partial charge in [0.15, 0.2) is 12.4 Å². The average Bonchev–Trinajstić information content (AvgIpc) is 3.12. The van der Waals surface area contributed by atoms with Crippen molar-refractivity contribution in [1.82, 2.24) is 0 Å². The van der Waals surface area contributed by atoms with E-state index in [1.807, 2.05) is 6.92 Å². The third-order valence-electron chi connectivity index (χ3n) is 11.5. The van der Waals surface area contributed by atoms with Gasteiger partial charge in [0, 0.05) is 11.8 Å². The molecule has 4 saturated carbocycles. The molecule has 0 amide bonds. The van der Waals surface area contributed by atoms with Crippen molar-refractivity contribution in [2.45, 2.75) is 115 Å². The molecule has 16 nitrogen and oxygen atoms in total. The Morgan fingerprint density at radius 3 is 2.20 bits per heavy atom. The summed E-state index contributed by atoms with van der Waals surface area (Å²) in [5, 5.41) is 31.9. The molecule has 1 spiro atoms. The van der Waals surface area contributed by atoms with Gasteiger partial charge in [0.25, 0.3) is 0 Å². The molecule has 4 aliphatic carbocycles. The summed E-state index contributed by atoms with van der Waals surface area (Å²) in [5.41, 5.74) is -0.359. The van der Waals surface area contributed by atoms with Gasteiger partial charge in [-0.2, -0.15) is 0 Å². The summed E-state index contributed by atoms with van der Waals surface area (Å²) in [6.07, 6.45) is -8.49. The first kappa shape index (κ1) is 45.9. The van der Waals surface area contributed by atoms with E-state index in [4.69, 9.17) is 14.2 Å². The van der Waals surface area contributed by atoms with Gasteiger partial charge in [0.05, 0.1) is 24.7 Å². The molecule has 0 aromatic rings. The predicted octanol–water partition coefficient (Wildman–Crippen LogP) is -5.01. The Morgan fingerprint density at radius 1 is 1.02 bits per heavy atom. The quantitative estimate of drug-likeness (QED) is 0.0442. The van der Waals surface area contributed by atoms with Crippen molar-refractivity contribution in [3.05, 3.63) is 12.2 Å². The number of rotatable bonds is 11. The number of esters is 1. The van der Waals surface area contributed by atoms with E-state index in [2.05, 4.69) is 14.9 Å². The summed E-state index contributed by atoms with van der Waals surface area (Å²) in [7, 11) is -11.3. The topological polar surface area (TPSA) is 255 Å². The fourth-order valence-corrected chi connectivity index (χ4v) is 10.8. The van der Waals surface area contributed by atoms with Gasteiger partial charge in [-0.15, -0.1) is 0 Å². The molecular formula is C30H44K2O16S2. The van der Waals surface area contributed by atoms with Gasteiger partial charge in [-0.05, 0) is 79.6 Å². The Kier molecular flexibility index (Phi) is 15.9. The third-order valence-corrected chi connectivity index (χ3v) is 12.4. The Morgan fingerprint density at radius 2 is 1.64 bits per heavy atom. The third kappa shape index (κ3) is 9.55. The van der Waals surface area contributed by atoms with Crippen LogP contribution in [-0.2, 0) is 53.0 Å². The molecule has 1 saturated heterocycles. The molecule has 5 rings (SSSR count). The van der Waals surface area contributed by atoms with Crippen molar-refractivity contribution in [2.75, 3.05) is 6.61 Å². The van der Waals surface area contributed by atoms with Gasteiger partial charge < -0.3 is 38.6 Å². The van der Waals surface area contributed by atoms with E-state index < -0.39 is 99.0 Å². The summed E-state index contributed by atoms with van der Waals surface area (Å²) in [6, 6.07) is 0. The van der Waals surface area contributed by atoms with Gasteiger partial charge in [0.1, 0.15) is 18.3 Å². The second-order valence-corrected chi connectivity index (χ2v) is 16.8. The number of ether oxygens (including phenoxy) is 3. The van der Waals surface area contributed by atoms with Gasteiger partial charge in [-0.3, -0.25) is 18.0 Å². The zero-order valence-electron chi connectivity index (χ0n) is 29.0. The summed E-state index contributed by atoms with van der Waals surface area (Å²) in [6.45, 7) is 8.41. The number of carboxylic acids is 1. The standard InChI is InChI=1S/C30H46O16S2.2K/c1-14(2)9-22(32)44-25-24(46-48(39,40)41)23(45-47(36,37)38)20(13-31)43-28(25)42-17-10-18(27(34)35)19-7-8-30-11-16(15(3)26(30)33)5-6-21(30)29(19,4)12-17;;/h14,16-21,23-26,28,31,33H,3,5-13H2,1-2,4H3,(H,34,35)(H,36,37,38)(H,39,40,41);;/q;2*+1/p-2/t16-,17-,18-,19-,20-,21?,23-,24+,25-,26-,28-,29-,30-;;/m1../s1. The zero-order valence-corrected chi connectivity index (χ0v) is 36.8. The van der Waals surface area contributed by atoms with Crippen LogP contribution in [0.15, 0.2) is 12.2 Å². The summed E-state index contributed by atoms with van der Waals surface area (Å²) >= 11 is 0. The number of fused-ring (bicyclic) bond motifs is 3. The first-order valence-corrected chi connectivity index (χ1v) is 18.8. The number of hydrogen-bond acceptors (Lipinski definition) is 15. The molecule has 5 fully saturated rings. The minimum atomic E-state index is -5.69. The summed E-state index contributed by atoms with van der Waals surface area (Å²) in [4.78, 5) is 25.6. The van der Waals surface area contributed by atoms with Crippen LogP contribution in [0.3, 0.4) is 0 Å². The van der Waals surface area contributed by atoms with Crippen molar-refractivity contribution < 1.29 is 176 Å². The molecule has 3 N–H and O–H groups in total. The van der Waals surface area contributed by atoms with Crippen molar-refractivity contribution in [1.29, 1.82) is 0 Å². The molecule has 0 radical (unpaired) electrons. The van der Waals surface area contributed by atoms with Crippen LogP contribution in [0.2, 0.25) is 0 Å². The summed E-state index contributed by atoms with van der Waals surface area (Å²) in [5.74, 6) is -3.38. The molecule has 1 heterocycles. The van der Waals surface area contributed by atoms with E-state index in [0.29, 0.717) is 12.8 Å².